The summed E-state index contributed by atoms with van der Waals surface area (Å²) in [5.74, 6) is 1.09. The fraction of sp³-hybridized carbons (Fsp3) is 0.667. The molecule has 1 nitrogen and oxygen atoms in total. The Morgan fingerprint density at radius 3 is 1.93 bits per heavy atom. The third-order valence-electron chi connectivity index (χ3n) is 2.11. The number of aliphatic imine (C=N–C) groups is 1. The topological polar surface area (TPSA) is 12.4 Å². The first-order valence-electron chi connectivity index (χ1n) is 5.15. The molecule has 80 valence electrons. The summed E-state index contributed by atoms with van der Waals surface area (Å²) < 4.78 is 1.30. The van der Waals surface area contributed by atoms with E-state index in [0.717, 1.165) is 0 Å². The van der Waals surface area contributed by atoms with Crippen molar-refractivity contribution < 1.29 is 19.4 Å². The number of hydrogen-bond acceptors (Lipinski definition) is 1. The fourth-order valence-electron chi connectivity index (χ4n) is 1.07. The molecule has 0 radical (unpaired) electrons. The SMILES string of the molecule is CC=C(C)C(=N[C](=[W])C(C)C)C(C)C. The molecule has 0 aliphatic carbocycles. The zero-order valence-electron chi connectivity index (χ0n) is 10.1. The van der Waals surface area contributed by atoms with Crippen molar-refractivity contribution in [3.63, 3.8) is 0 Å². The molecule has 0 saturated heterocycles. The molecule has 0 aliphatic heterocycles. The van der Waals surface area contributed by atoms with Gasteiger partial charge in [-0.2, -0.15) is 0 Å². The van der Waals surface area contributed by atoms with Gasteiger partial charge >= 0.3 is 99.1 Å². The summed E-state index contributed by atoms with van der Waals surface area (Å²) in [5, 5.41) is 0. The number of rotatable bonds is 4. The monoisotopic (exact) mass is 363 g/mol. The van der Waals surface area contributed by atoms with E-state index in [1.165, 1.54) is 34.7 Å². The van der Waals surface area contributed by atoms with Crippen LogP contribution in [0.2, 0.25) is 0 Å². The zero-order chi connectivity index (χ0) is 11.3. The Hall–Kier alpha value is -0.0317. The van der Waals surface area contributed by atoms with Crippen LogP contribution in [-0.4, -0.2) is 9.73 Å². The molecule has 14 heavy (non-hydrogen) atoms. The van der Waals surface area contributed by atoms with Crippen molar-refractivity contribution in [1.82, 2.24) is 0 Å². The second-order valence-corrected chi connectivity index (χ2v) is 5.62. The van der Waals surface area contributed by atoms with Gasteiger partial charge in [-0.3, -0.25) is 0 Å². The van der Waals surface area contributed by atoms with Crippen molar-refractivity contribution in [3.8, 4) is 0 Å². The third-order valence-corrected chi connectivity index (χ3v) is 4.13. The van der Waals surface area contributed by atoms with Gasteiger partial charge in [0.15, 0.2) is 0 Å². The van der Waals surface area contributed by atoms with Crippen LogP contribution in [-0.2, 0) is 19.4 Å². The molecule has 2 heteroatoms. The minimum absolute atomic E-state index is 0.513. The third kappa shape index (κ3) is 4.46. The maximum atomic E-state index is 4.75. The molecule has 0 saturated carbocycles. The first-order chi connectivity index (χ1) is 6.40. The van der Waals surface area contributed by atoms with Crippen LogP contribution in [0.25, 0.3) is 0 Å². The van der Waals surface area contributed by atoms with Gasteiger partial charge in [-0.05, 0) is 0 Å². The van der Waals surface area contributed by atoms with Gasteiger partial charge in [-0.25, -0.2) is 0 Å². The summed E-state index contributed by atoms with van der Waals surface area (Å²) in [4.78, 5) is 4.75. The average Bonchev–Trinajstić information content (AvgIpc) is 2.11. The van der Waals surface area contributed by atoms with Crippen molar-refractivity contribution in [2.45, 2.75) is 41.5 Å². The Balaban J connectivity index is 4.93. The molecule has 0 amide bonds. The van der Waals surface area contributed by atoms with Gasteiger partial charge < -0.3 is 0 Å². The van der Waals surface area contributed by atoms with Crippen molar-refractivity contribution >= 4 is 9.73 Å². The summed E-state index contributed by atoms with van der Waals surface area (Å²) in [6.45, 7) is 13.0. The summed E-state index contributed by atoms with van der Waals surface area (Å²) in [7, 11) is 0. The van der Waals surface area contributed by atoms with Crippen LogP contribution in [0.15, 0.2) is 16.6 Å². The van der Waals surface area contributed by atoms with E-state index >= 15 is 0 Å². The zero-order valence-corrected chi connectivity index (χ0v) is 13.0. The molecule has 0 heterocycles. The van der Waals surface area contributed by atoms with E-state index in [-0.39, 0.29) is 0 Å². The predicted octanol–water partition coefficient (Wildman–Crippen LogP) is 3.38. The van der Waals surface area contributed by atoms with Crippen LogP contribution < -0.4 is 0 Å². The first-order valence-corrected chi connectivity index (χ1v) is 6.62. The van der Waals surface area contributed by atoms with E-state index in [1.54, 1.807) is 0 Å². The van der Waals surface area contributed by atoms with Gasteiger partial charge in [-0.1, -0.05) is 0 Å². The molecular formula is C12H21NW. The number of allylic oxidation sites excluding steroid dienone is 2. The van der Waals surface area contributed by atoms with Crippen molar-refractivity contribution in [1.29, 1.82) is 0 Å². The van der Waals surface area contributed by atoms with Gasteiger partial charge in [0.25, 0.3) is 0 Å². The molecule has 0 aromatic rings. The van der Waals surface area contributed by atoms with Gasteiger partial charge in [0.05, 0.1) is 0 Å². The van der Waals surface area contributed by atoms with Crippen molar-refractivity contribution in [3.05, 3.63) is 11.6 Å². The number of hydrogen-bond donors (Lipinski definition) is 0. The van der Waals surface area contributed by atoms with E-state index in [4.69, 9.17) is 4.99 Å². The van der Waals surface area contributed by atoms with Gasteiger partial charge in [0, 0.05) is 0 Å². The molecule has 0 unspecified atom stereocenters. The molecule has 0 fully saturated rings. The fourth-order valence-corrected chi connectivity index (χ4v) is 1.42. The standard InChI is InChI=1S/C12H21N.W/c1-7-11(6)12(10(4)5)13-8-9(2)3;/h7,9-10H,1-6H3;. The summed E-state index contributed by atoms with van der Waals surface area (Å²) in [6, 6.07) is 0. The summed E-state index contributed by atoms with van der Waals surface area (Å²) in [5.41, 5.74) is 2.55. The second-order valence-electron chi connectivity index (χ2n) is 4.12. The molecule has 0 aromatic heterocycles. The van der Waals surface area contributed by atoms with Crippen LogP contribution in [0.4, 0.5) is 0 Å². The van der Waals surface area contributed by atoms with E-state index in [2.05, 4.69) is 47.6 Å². The molecule has 0 rings (SSSR count). The van der Waals surface area contributed by atoms with Crippen LogP contribution in [0, 0.1) is 11.8 Å². The quantitative estimate of drug-likeness (QED) is 0.680. The minimum atomic E-state index is 0.513. The molecule has 0 spiro atoms. The normalized spacial score (nSPS) is 14.0. The Morgan fingerprint density at radius 2 is 1.64 bits per heavy atom. The van der Waals surface area contributed by atoms with Gasteiger partial charge in [0.1, 0.15) is 0 Å². The Kier molecular flexibility index (Phi) is 6.44. The Bertz CT molecular complexity index is 259. The second kappa shape index (κ2) is 6.45. The van der Waals surface area contributed by atoms with E-state index in [0.29, 0.717) is 11.8 Å². The van der Waals surface area contributed by atoms with E-state index < -0.39 is 0 Å². The summed E-state index contributed by atoms with van der Waals surface area (Å²) in [6.07, 6.45) is 2.14. The van der Waals surface area contributed by atoms with E-state index in [1.807, 2.05) is 0 Å². The molecule has 0 aliphatic rings. The van der Waals surface area contributed by atoms with Gasteiger partial charge in [-0.15, -0.1) is 0 Å². The molecule has 0 aromatic carbocycles. The summed E-state index contributed by atoms with van der Waals surface area (Å²) >= 11 is 1.48. The van der Waals surface area contributed by atoms with Crippen LogP contribution in [0.1, 0.15) is 41.5 Å². The molecule has 0 N–H and O–H groups in total. The predicted molar refractivity (Wildman–Crippen MR) is 61.5 cm³/mol. The van der Waals surface area contributed by atoms with Crippen molar-refractivity contribution in [2.24, 2.45) is 16.8 Å². The maximum absolute atomic E-state index is 4.75. The molecular weight excluding hydrogens is 342 g/mol. The van der Waals surface area contributed by atoms with Gasteiger partial charge in [0.2, 0.25) is 0 Å². The molecule has 0 atom stereocenters. The van der Waals surface area contributed by atoms with Crippen LogP contribution in [0.3, 0.4) is 0 Å². The van der Waals surface area contributed by atoms with Crippen LogP contribution in [0.5, 0.6) is 0 Å². The average molecular weight is 363 g/mol. The molecule has 0 bridgehead atoms. The Morgan fingerprint density at radius 1 is 1.14 bits per heavy atom. The Labute approximate surface area is 99.1 Å². The van der Waals surface area contributed by atoms with Crippen LogP contribution >= 0.6 is 0 Å². The number of nitrogens with zero attached hydrogens (tertiary/aromatic N) is 1. The van der Waals surface area contributed by atoms with Crippen molar-refractivity contribution in [2.75, 3.05) is 0 Å². The first kappa shape index (κ1) is 14.0. The van der Waals surface area contributed by atoms with E-state index in [9.17, 15) is 0 Å².